The Morgan fingerprint density at radius 1 is 0.841 bits per heavy atom. The summed E-state index contributed by atoms with van der Waals surface area (Å²) >= 11 is 1.35. The standard InChI is InChI=1S/C34H30FN3O5S/c1-2-31(34(41)37-25-15-16-29-30(21-25)43-18-17-42-29)44-26-13-8-12-24(20-26)36-33(40)28(19-23-11-6-7-14-27(23)35)38-32(39)22-9-4-3-5-10-22/h3-16,19-21,31H,2,17-18H2,1H3,(H,36,40)(H,37,41)(H,38,39)/b28-19-. The number of hydrogen-bond acceptors (Lipinski definition) is 6. The Morgan fingerprint density at radius 2 is 1.57 bits per heavy atom. The molecule has 0 aliphatic carbocycles. The second kappa shape index (κ2) is 14.4. The first kappa shape index (κ1) is 30.4. The van der Waals surface area contributed by atoms with Crippen LogP contribution in [0.15, 0.2) is 108 Å². The third-order valence-electron chi connectivity index (χ3n) is 6.58. The molecule has 4 aromatic rings. The number of halogens is 1. The summed E-state index contributed by atoms with van der Waals surface area (Å²) < 4.78 is 25.6. The Hall–Kier alpha value is -5.09. The highest BCUT2D eigenvalue weighted by molar-refractivity contribution is 8.00. The number of fused-ring (bicyclic) bond motifs is 1. The van der Waals surface area contributed by atoms with Gasteiger partial charge in [-0.3, -0.25) is 14.4 Å². The van der Waals surface area contributed by atoms with Crippen molar-refractivity contribution in [2.24, 2.45) is 0 Å². The quantitative estimate of drug-likeness (QED) is 0.139. The van der Waals surface area contributed by atoms with Crippen LogP contribution >= 0.6 is 11.8 Å². The molecule has 1 unspecified atom stereocenters. The van der Waals surface area contributed by atoms with Gasteiger partial charge in [0.2, 0.25) is 5.91 Å². The monoisotopic (exact) mass is 611 g/mol. The molecule has 1 aliphatic rings. The first-order chi connectivity index (χ1) is 21.4. The lowest BCUT2D eigenvalue weighted by atomic mass is 10.1. The van der Waals surface area contributed by atoms with Gasteiger partial charge in [0, 0.05) is 33.5 Å². The zero-order valence-corrected chi connectivity index (χ0v) is 24.7. The highest BCUT2D eigenvalue weighted by Crippen LogP contribution is 2.34. The fraction of sp³-hybridized carbons (Fsp3) is 0.147. The number of rotatable bonds is 10. The maximum absolute atomic E-state index is 14.4. The number of anilines is 2. The maximum atomic E-state index is 14.4. The fourth-order valence-corrected chi connectivity index (χ4v) is 5.38. The van der Waals surface area contributed by atoms with Gasteiger partial charge in [-0.05, 0) is 61.0 Å². The molecule has 0 radical (unpaired) electrons. The average molecular weight is 612 g/mol. The van der Waals surface area contributed by atoms with Crippen LogP contribution in [0.4, 0.5) is 15.8 Å². The highest BCUT2D eigenvalue weighted by atomic mass is 32.2. The third-order valence-corrected chi connectivity index (χ3v) is 7.94. The molecule has 5 rings (SSSR count). The molecule has 0 saturated carbocycles. The van der Waals surface area contributed by atoms with Gasteiger partial charge in [0.05, 0.1) is 5.25 Å². The van der Waals surface area contributed by atoms with E-state index in [0.29, 0.717) is 48.1 Å². The van der Waals surface area contributed by atoms with Gasteiger partial charge < -0.3 is 25.4 Å². The predicted molar refractivity (Wildman–Crippen MR) is 169 cm³/mol. The lowest BCUT2D eigenvalue weighted by Gasteiger charge is -2.20. The molecule has 1 atom stereocenters. The SMILES string of the molecule is CCC(Sc1cccc(NC(=O)/C(=C/c2ccccc2F)NC(=O)c2ccccc2)c1)C(=O)Nc1ccc2c(c1)OCCO2. The topological polar surface area (TPSA) is 106 Å². The second-order valence-electron chi connectivity index (χ2n) is 9.74. The number of benzene rings is 4. The first-order valence-corrected chi connectivity index (χ1v) is 14.9. The number of thioether (sulfide) groups is 1. The van der Waals surface area contributed by atoms with Crippen LogP contribution in [0.3, 0.4) is 0 Å². The van der Waals surface area contributed by atoms with Gasteiger partial charge in [-0.2, -0.15) is 0 Å². The van der Waals surface area contributed by atoms with E-state index in [1.165, 1.54) is 36.0 Å². The molecule has 0 aromatic heterocycles. The molecule has 0 fully saturated rings. The minimum absolute atomic E-state index is 0.132. The summed E-state index contributed by atoms with van der Waals surface area (Å²) in [7, 11) is 0. The van der Waals surface area contributed by atoms with Gasteiger partial charge in [0.15, 0.2) is 11.5 Å². The normalized spacial score (nSPS) is 13.0. The first-order valence-electron chi connectivity index (χ1n) is 14.0. The summed E-state index contributed by atoms with van der Waals surface area (Å²) in [5.41, 5.74) is 1.40. The second-order valence-corrected chi connectivity index (χ2v) is 11.0. The zero-order valence-electron chi connectivity index (χ0n) is 23.8. The van der Waals surface area contributed by atoms with Crippen molar-refractivity contribution in [3.63, 3.8) is 0 Å². The average Bonchev–Trinajstić information content (AvgIpc) is 3.04. The molecule has 3 N–H and O–H groups in total. The summed E-state index contributed by atoms with van der Waals surface area (Å²) in [6, 6.07) is 26.7. The minimum Gasteiger partial charge on any atom is -0.486 e. The highest BCUT2D eigenvalue weighted by Gasteiger charge is 2.21. The van der Waals surface area contributed by atoms with Crippen LogP contribution in [-0.2, 0) is 9.59 Å². The van der Waals surface area contributed by atoms with Crippen molar-refractivity contribution >= 4 is 46.9 Å². The number of carbonyl (C=O) groups excluding carboxylic acids is 3. The molecule has 10 heteroatoms. The van der Waals surface area contributed by atoms with E-state index in [2.05, 4.69) is 16.0 Å². The van der Waals surface area contributed by atoms with Gasteiger partial charge in [0.25, 0.3) is 11.8 Å². The summed E-state index contributed by atoms with van der Waals surface area (Å²) in [5.74, 6) is -0.638. The summed E-state index contributed by atoms with van der Waals surface area (Å²) in [6.45, 7) is 2.85. The van der Waals surface area contributed by atoms with E-state index in [4.69, 9.17) is 9.47 Å². The van der Waals surface area contributed by atoms with Crippen LogP contribution < -0.4 is 25.4 Å². The number of nitrogens with one attached hydrogen (secondary N) is 3. The van der Waals surface area contributed by atoms with E-state index in [1.807, 2.05) is 13.0 Å². The molecule has 44 heavy (non-hydrogen) atoms. The molecule has 1 heterocycles. The molecule has 0 saturated heterocycles. The third kappa shape index (κ3) is 7.84. The lowest BCUT2D eigenvalue weighted by molar-refractivity contribution is -0.116. The van der Waals surface area contributed by atoms with Crippen molar-refractivity contribution in [1.29, 1.82) is 0 Å². The minimum atomic E-state index is -0.636. The Morgan fingerprint density at radius 3 is 2.34 bits per heavy atom. The molecular weight excluding hydrogens is 581 g/mol. The van der Waals surface area contributed by atoms with Crippen molar-refractivity contribution in [3.05, 3.63) is 120 Å². The molecular formula is C34H30FN3O5S. The van der Waals surface area contributed by atoms with E-state index in [9.17, 15) is 18.8 Å². The van der Waals surface area contributed by atoms with Crippen LogP contribution in [0.25, 0.3) is 6.08 Å². The van der Waals surface area contributed by atoms with Gasteiger partial charge >= 0.3 is 0 Å². The molecule has 224 valence electrons. The van der Waals surface area contributed by atoms with E-state index in [0.717, 1.165) is 4.90 Å². The number of carbonyl (C=O) groups is 3. The summed E-state index contributed by atoms with van der Waals surface area (Å²) in [4.78, 5) is 40.2. The molecule has 1 aliphatic heterocycles. The van der Waals surface area contributed by atoms with Crippen LogP contribution in [0.2, 0.25) is 0 Å². The van der Waals surface area contributed by atoms with Crippen molar-refractivity contribution in [2.75, 3.05) is 23.8 Å². The van der Waals surface area contributed by atoms with Crippen LogP contribution in [0.5, 0.6) is 11.5 Å². The zero-order chi connectivity index (χ0) is 30.9. The molecule has 8 nitrogen and oxygen atoms in total. The van der Waals surface area contributed by atoms with Gasteiger partial charge in [-0.1, -0.05) is 49.4 Å². The van der Waals surface area contributed by atoms with Crippen LogP contribution in [-0.4, -0.2) is 36.2 Å². The van der Waals surface area contributed by atoms with Gasteiger partial charge in [0.1, 0.15) is 24.7 Å². The van der Waals surface area contributed by atoms with Crippen molar-refractivity contribution < 1.29 is 28.2 Å². The van der Waals surface area contributed by atoms with Crippen molar-refractivity contribution in [3.8, 4) is 11.5 Å². The van der Waals surface area contributed by atoms with Crippen molar-refractivity contribution in [1.82, 2.24) is 5.32 Å². The van der Waals surface area contributed by atoms with Crippen LogP contribution in [0.1, 0.15) is 29.3 Å². The van der Waals surface area contributed by atoms with E-state index >= 15 is 0 Å². The van der Waals surface area contributed by atoms with E-state index in [-0.39, 0.29) is 17.2 Å². The maximum Gasteiger partial charge on any atom is 0.272 e. The Balaban J connectivity index is 1.29. The molecule has 0 spiro atoms. The summed E-state index contributed by atoms with van der Waals surface area (Å²) in [5, 5.41) is 7.92. The summed E-state index contributed by atoms with van der Waals surface area (Å²) in [6.07, 6.45) is 1.85. The van der Waals surface area contributed by atoms with Crippen molar-refractivity contribution in [2.45, 2.75) is 23.5 Å². The van der Waals surface area contributed by atoms with Gasteiger partial charge in [-0.25, -0.2) is 4.39 Å². The van der Waals surface area contributed by atoms with E-state index < -0.39 is 22.9 Å². The van der Waals surface area contributed by atoms with E-state index in [1.54, 1.807) is 72.8 Å². The number of hydrogen-bond donors (Lipinski definition) is 3. The molecule has 0 bridgehead atoms. The Labute approximate surface area is 258 Å². The molecule has 4 aromatic carbocycles. The number of amides is 3. The Kier molecular flexibility index (Phi) is 9.93. The fourth-order valence-electron chi connectivity index (χ4n) is 4.37. The lowest BCUT2D eigenvalue weighted by Crippen LogP contribution is -2.30. The van der Waals surface area contributed by atoms with Crippen LogP contribution in [0, 0.1) is 5.82 Å². The number of ether oxygens (including phenoxy) is 2. The van der Waals surface area contributed by atoms with Gasteiger partial charge in [-0.15, -0.1) is 11.8 Å². The molecule has 3 amide bonds. The smallest absolute Gasteiger partial charge is 0.272 e. The largest absolute Gasteiger partial charge is 0.486 e. The Bertz CT molecular complexity index is 1700. The predicted octanol–water partition coefficient (Wildman–Crippen LogP) is 6.52.